The van der Waals surface area contributed by atoms with Crippen molar-refractivity contribution in [2.24, 2.45) is 0 Å². The second-order valence-corrected chi connectivity index (χ2v) is 7.70. The molecular weight excluding hydrogens is 416 g/mol. The van der Waals surface area contributed by atoms with Crippen LogP contribution in [0.15, 0.2) is 36.4 Å². The van der Waals surface area contributed by atoms with Gasteiger partial charge >= 0.3 is 5.97 Å². The number of esters is 1. The van der Waals surface area contributed by atoms with Crippen LogP contribution in [-0.4, -0.2) is 36.7 Å². The van der Waals surface area contributed by atoms with Gasteiger partial charge in [0.25, 0.3) is 5.91 Å². The molecular formula is C23H26N2O5S. The molecule has 2 aromatic carbocycles. The van der Waals surface area contributed by atoms with Gasteiger partial charge in [-0.25, -0.2) is 9.78 Å². The molecule has 0 bridgehead atoms. The Balaban J connectivity index is 1.76. The lowest BCUT2D eigenvalue weighted by molar-refractivity contribution is 0.0526. The summed E-state index contributed by atoms with van der Waals surface area (Å²) >= 11 is 1.29. The number of hydrogen-bond acceptors (Lipinski definition) is 7. The maximum absolute atomic E-state index is 12.8. The molecule has 1 amide bonds. The first-order valence-electron chi connectivity index (χ1n) is 10.3. The number of nitrogens with one attached hydrogen (secondary N) is 1. The molecule has 3 rings (SSSR count). The monoisotopic (exact) mass is 442 g/mol. The molecule has 0 unspecified atom stereocenters. The topological polar surface area (TPSA) is 86.8 Å². The van der Waals surface area contributed by atoms with Gasteiger partial charge in [0.05, 0.1) is 35.6 Å². The molecule has 1 heterocycles. The summed E-state index contributed by atoms with van der Waals surface area (Å²) in [5, 5.41) is 3.27. The van der Waals surface area contributed by atoms with Crippen molar-refractivity contribution in [1.29, 1.82) is 0 Å². The number of anilines is 1. The third-order valence-corrected chi connectivity index (χ3v) is 5.31. The number of benzene rings is 2. The lowest BCUT2D eigenvalue weighted by Gasteiger charge is -2.13. The minimum atomic E-state index is -0.381. The van der Waals surface area contributed by atoms with E-state index < -0.39 is 0 Å². The molecule has 0 fully saturated rings. The molecule has 8 heteroatoms. The van der Waals surface area contributed by atoms with Crippen molar-refractivity contribution in [2.75, 3.05) is 25.1 Å². The number of carbonyl (C=O) groups excluding carboxylic acids is 2. The molecule has 0 saturated heterocycles. The number of hydrogen-bond donors (Lipinski definition) is 1. The third-order valence-electron chi connectivity index (χ3n) is 4.38. The van der Waals surface area contributed by atoms with Crippen molar-refractivity contribution >= 4 is 38.6 Å². The van der Waals surface area contributed by atoms with Gasteiger partial charge < -0.3 is 14.2 Å². The Morgan fingerprint density at radius 2 is 1.77 bits per heavy atom. The SMILES string of the molecule is CCCCOc1ccc(C(=O)Nc2nc3ccc(C(=O)OCC)cc3s2)cc1OCC. The number of carbonyl (C=O) groups is 2. The fraction of sp³-hybridized carbons (Fsp3) is 0.348. The predicted molar refractivity (Wildman–Crippen MR) is 122 cm³/mol. The maximum Gasteiger partial charge on any atom is 0.338 e. The zero-order valence-electron chi connectivity index (χ0n) is 17.9. The van der Waals surface area contributed by atoms with E-state index in [1.54, 1.807) is 43.3 Å². The first-order chi connectivity index (χ1) is 15.0. The average molecular weight is 443 g/mol. The van der Waals surface area contributed by atoms with E-state index in [2.05, 4.69) is 17.2 Å². The number of rotatable bonds is 10. The number of ether oxygens (including phenoxy) is 3. The van der Waals surface area contributed by atoms with Gasteiger partial charge in [0.1, 0.15) is 0 Å². The molecule has 0 spiro atoms. The smallest absolute Gasteiger partial charge is 0.338 e. The van der Waals surface area contributed by atoms with Gasteiger partial charge in [-0.3, -0.25) is 10.1 Å². The number of amides is 1. The molecule has 1 N–H and O–H groups in total. The molecule has 0 atom stereocenters. The van der Waals surface area contributed by atoms with Crippen LogP contribution < -0.4 is 14.8 Å². The fourth-order valence-corrected chi connectivity index (χ4v) is 3.75. The number of fused-ring (bicyclic) bond motifs is 1. The van der Waals surface area contributed by atoms with E-state index in [1.807, 2.05) is 6.92 Å². The maximum atomic E-state index is 12.8. The summed E-state index contributed by atoms with van der Waals surface area (Å²) in [7, 11) is 0. The lowest BCUT2D eigenvalue weighted by Crippen LogP contribution is -2.12. The van der Waals surface area contributed by atoms with Crippen molar-refractivity contribution in [3.05, 3.63) is 47.5 Å². The molecule has 31 heavy (non-hydrogen) atoms. The number of nitrogens with zero attached hydrogens (tertiary/aromatic N) is 1. The molecule has 0 aliphatic carbocycles. The second kappa shape index (κ2) is 10.8. The largest absolute Gasteiger partial charge is 0.490 e. The average Bonchev–Trinajstić information content (AvgIpc) is 3.16. The van der Waals surface area contributed by atoms with E-state index in [1.165, 1.54) is 11.3 Å². The van der Waals surface area contributed by atoms with Crippen LogP contribution in [0.25, 0.3) is 10.2 Å². The Morgan fingerprint density at radius 1 is 0.968 bits per heavy atom. The first-order valence-corrected chi connectivity index (χ1v) is 11.2. The quantitative estimate of drug-likeness (QED) is 0.339. The van der Waals surface area contributed by atoms with Crippen LogP contribution in [0.2, 0.25) is 0 Å². The molecule has 0 radical (unpaired) electrons. The zero-order chi connectivity index (χ0) is 22.2. The summed E-state index contributed by atoms with van der Waals surface area (Å²) in [4.78, 5) is 29.1. The summed E-state index contributed by atoms with van der Waals surface area (Å²) in [5.41, 5.74) is 1.59. The Bertz CT molecular complexity index is 1060. The van der Waals surface area contributed by atoms with Crippen LogP contribution in [0.5, 0.6) is 11.5 Å². The van der Waals surface area contributed by atoms with E-state index in [-0.39, 0.29) is 11.9 Å². The minimum Gasteiger partial charge on any atom is -0.490 e. The molecule has 3 aromatic rings. The highest BCUT2D eigenvalue weighted by atomic mass is 32.1. The summed E-state index contributed by atoms with van der Waals surface area (Å²) in [6.07, 6.45) is 1.98. The Kier molecular flexibility index (Phi) is 7.83. The minimum absolute atomic E-state index is 0.300. The number of unbranched alkanes of at least 4 members (excludes halogenated alkanes) is 1. The summed E-state index contributed by atoms with van der Waals surface area (Å²) in [5.74, 6) is 0.479. The summed E-state index contributed by atoms with van der Waals surface area (Å²) < 4.78 is 17.2. The normalized spacial score (nSPS) is 10.7. The van der Waals surface area contributed by atoms with Crippen molar-refractivity contribution in [3.8, 4) is 11.5 Å². The van der Waals surface area contributed by atoms with Gasteiger partial charge in [-0.2, -0.15) is 0 Å². The number of thiazole rings is 1. The van der Waals surface area contributed by atoms with Crippen molar-refractivity contribution in [3.63, 3.8) is 0 Å². The van der Waals surface area contributed by atoms with E-state index in [9.17, 15) is 9.59 Å². The first kappa shape index (κ1) is 22.6. The number of aromatic nitrogens is 1. The second-order valence-electron chi connectivity index (χ2n) is 6.67. The Hall–Kier alpha value is -3.13. The van der Waals surface area contributed by atoms with Crippen LogP contribution in [-0.2, 0) is 4.74 Å². The molecule has 164 valence electrons. The highest BCUT2D eigenvalue weighted by Crippen LogP contribution is 2.30. The van der Waals surface area contributed by atoms with Gasteiger partial charge in [0.2, 0.25) is 0 Å². The van der Waals surface area contributed by atoms with Crippen LogP contribution in [0.4, 0.5) is 5.13 Å². The van der Waals surface area contributed by atoms with E-state index in [0.29, 0.717) is 53.1 Å². The van der Waals surface area contributed by atoms with Gasteiger partial charge in [-0.1, -0.05) is 24.7 Å². The Morgan fingerprint density at radius 3 is 2.52 bits per heavy atom. The summed E-state index contributed by atoms with van der Waals surface area (Å²) in [6.45, 7) is 7.12. The van der Waals surface area contributed by atoms with Crippen LogP contribution in [0, 0.1) is 0 Å². The van der Waals surface area contributed by atoms with Gasteiger partial charge in [0.15, 0.2) is 16.6 Å². The molecule has 0 aliphatic rings. The standard InChI is InChI=1S/C23H26N2O5S/c1-4-7-12-30-18-11-9-15(13-19(18)28-5-2)21(26)25-23-24-17-10-8-16(14-20(17)31-23)22(27)29-6-3/h8-11,13-14H,4-7,12H2,1-3H3,(H,24,25,26). The van der Waals surface area contributed by atoms with Crippen molar-refractivity contribution < 1.29 is 23.8 Å². The van der Waals surface area contributed by atoms with Gasteiger partial charge in [0, 0.05) is 5.56 Å². The van der Waals surface area contributed by atoms with Gasteiger partial charge in [-0.05, 0) is 56.7 Å². The molecule has 1 aromatic heterocycles. The van der Waals surface area contributed by atoms with E-state index >= 15 is 0 Å². The fourth-order valence-electron chi connectivity index (χ4n) is 2.85. The van der Waals surface area contributed by atoms with Crippen molar-refractivity contribution in [1.82, 2.24) is 4.98 Å². The molecule has 0 saturated carbocycles. The highest BCUT2D eigenvalue weighted by Gasteiger charge is 2.15. The zero-order valence-corrected chi connectivity index (χ0v) is 18.7. The molecule has 7 nitrogen and oxygen atoms in total. The van der Waals surface area contributed by atoms with Crippen molar-refractivity contribution in [2.45, 2.75) is 33.6 Å². The van der Waals surface area contributed by atoms with Crippen LogP contribution >= 0.6 is 11.3 Å². The predicted octanol–water partition coefficient (Wildman–Crippen LogP) is 5.30. The van der Waals surface area contributed by atoms with Gasteiger partial charge in [-0.15, -0.1) is 0 Å². The summed E-state index contributed by atoms with van der Waals surface area (Å²) in [6, 6.07) is 10.2. The molecule has 0 aliphatic heterocycles. The van der Waals surface area contributed by atoms with E-state index in [0.717, 1.165) is 17.5 Å². The highest BCUT2D eigenvalue weighted by molar-refractivity contribution is 7.22. The lowest BCUT2D eigenvalue weighted by atomic mass is 10.2. The Labute approximate surface area is 185 Å². The van der Waals surface area contributed by atoms with E-state index in [4.69, 9.17) is 14.2 Å². The van der Waals surface area contributed by atoms with Crippen LogP contribution in [0.1, 0.15) is 54.3 Å². The van der Waals surface area contributed by atoms with Crippen LogP contribution in [0.3, 0.4) is 0 Å². The third kappa shape index (κ3) is 5.73.